The van der Waals surface area contributed by atoms with Gasteiger partial charge in [-0.2, -0.15) is 0 Å². The third kappa shape index (κ3) is 4.37. The quantitative estimate of drug-likeness (QED) is 0.679. The lowest BCUT2D eigenvalue weighted by Gasteiger charge is -2.25. The minimum absolute atomic E-state index is 0.203. The van der Waals surface area contributed by atoms with Crippen molar-refractivity contribution in [3.8, 4) is 0 Å². The molecule has 0 spiro atoms. The second kappa shape index (κ2) is 7.17. The fourth-order valence-corrected chi connectivity index (χ4v) is 1.47. The molecule has 4 heteroatoms. The van der Waals surface area contributed by atoms with E-state index >= 15 is 0 Å². The molecule has 1 rings (SSSR count). The lowest BCUT2D eigenvalue weighted by Crippen LogP contribution is -2.42. The summed E-state index contributed by atoms with van der Waals surface area (Å²) in [5, 5.41) is 3.41. The minimum Gasteiger partial charge on any atom is -0.383 e. The van der Waals surface area contributed by atoms with Crippen LogP contribution in [0.1, 0.15) is 13.3 Å². The summed E-state index contributed by atoms with van der Waals surface area (Å²) in [7, 11) is 1.73. The molecule has 1 aliphatic heterocycles. The van der Waals surface area contributed by atoms with Gasteiger partial charge in [0, 0.05) is 19.7 Å². The Morgan fingerprint density at radius 1 is 1.50 bits per heavy atom. The first-order chi connectivity index (χ1) is 6.86. The van der Waals surface area contributed by atoms with E-state index in [9.17, 15) is 0 Å². The Kier molecular flexibility index (Phi) is 6.10. The molecule has 2 atom stereocenters. The number of hydrogen-bond donors (Lipinski definition) is 1. The van der Waals surface area contributed by atoms with Crippen molar-refractivity contribution in [2.24, 2.45) is 0 Å². The average molecular weight is 203 g/mol. The average Bonchev–Trinajstić information content (AvgIpc) is 2.25. The molecule has 0 amide bonds. The van der Waals surface area contributed by atoms with Gasteiger partial charge in [0.05, 0.1) is 32.5 Å². The van der Waals surface area contributed by atoms with E-state index in [0.29, 0.717) is 19.3 Å². The first-order valence-electron chi connectivity index (χ1n) is 5.28. The van der Waals surface area contributed by atoms with Crippen molar-refractivity contribution in [1.29, 1.82) is 0 Å². The molecule has 0 radical (unpaired) electrons. The van der Waals surface area contributed by atoms with E-state index in [2.05, 4.69) is 12.2 Å². The topological polar surface area (TPSA) is 39.7 Å². The van der Waals surface area contributed by atoms with Crippen molar-refractivity contribution in [3.63, 3.8) is 0 Å². The van der Waals surface area contributed by atoms with E-state index < -0.39 is 0 Å². The number of rotatable bonds is 6. The molecule has 4 nitrogen and oxygen atoms in total. The van der Waals surface area contributed by atoms with Crippen LogP contribution in [0, 0.1) is 0 Å². The van der Waals surface area contributed by atoms with Crippen molar-refractivity contribution in [2.45, 2.75) is 25.5 Å². The van der Waals surface area contributed by atoms with Crippen molar-refractivity contribution in [1.82, 2.24) is 5.32 Å². The van der Waals surface area contributed by atoms with Gasteiger partial charge in [0.2, 0.25) is 0 Å². The Bertz CT molecular complexity index is 133. The van der Waals surface area contributed by atoms with Crippen LogP contribution >= 0.6 is 0 Å². The Morgan fingerprint density at radius 3 is 2.93 bits per heavy atom. The van der Waals surface area contributed by atoms with Gasteiger partial charge in [-0.15, -0.1) is 0 Å². The molecular formula is C10H21NO3. The van der Waals surface area contributed by atoms with Crippen molar-refractivity contribution < 1.29 is 14.2 Å². The molecule has 0 saturated carbocycles. The summed E-state index contributed by atoms with van der Waals surface area (Å²) in [6, 6.07) is 0.422. The summed E-state index contributed by atoms with van der Waals surface area (Å²) in [6.45, 7) is 5.90. The van der Waals surface area contributed by atoms with Gasteiger partial charge in [-0.05, 0) is 6.42 Å². The van der Waals surface area contributed by atoms with E-state index in [1.54, 1.807) is 7.11 Å². The highest BCUT2D eigenvalue weighted by molar-refractivity contribution is 4.69. The zero-order chi connectivity index (χ0) is 10.2. The van der Waals surface area contributed by atoms with Crippen LogP contribution < -0.4 is 5.32 Å². The van der Waals surface area contributed by atoms with Gasteiger partial charge in [-0.1, -0.05) is 6.92 Å². The van der Waals surface area contributed by atoms with Gasteiger partial charge in [-0.25, -0.2) is 0 Å². The second-order valence-corrected chi connectivity index (χ2v) is 3.54. The lowest BCUT2D eigenvalue weighted by atomic mass is 10.2. The van der Waals surface area contributed by atoms with Gasteiger partial charge >= 0.3 is 0 Å². The largest absolute Gasteiger partial charge is 0.383 e. The number of ether oxygens (including phenoxy) is 3. The third-order valence-electron chi connectivity index (χ3n) is 2.38. The highest BCUT2D eigenvalue weighted by Gasteiger charge is 2.15. The molecule has 0 aromatic carbocycles. The molecule has 0 aromatic rings. The Balaban J connectivity index is 2.10. The van der Waals surface area contributed by atoms with Crippen molar-refractivity contribution in [3.05, 3.63) is 0 Å². The summed E-state index contributed by atoms with van der Waals surface area (Å²) < 4.78 is 15.9. The molecule has 0 aromatic heterocycles. The molecule has 14 heavy (non-hydrogen) atoms. The Morgan fingerprint density at radius 2 is 2.36 bits per heavy atom. The summed E-state index contributed by atoms with van der Waals surface area (Å²) in [4.78, 5) is 0. The van der Waals surface area contributed by atoms with E-state index in [0.717, 1.165) is 26.2 Å². The molecule has 1 fully saturated rings. The molecule has 84 valence electrons. The number of methoxy groups -OCH3 is 1. The lowest BCUT2D eigenvalue weighted by molar-refractivity contribution is -0.0875. The molecule has 1 saturated heterocycles. The second-order valence-electron chi connectivity index (χ2n) is 3.54. The summed E-state index contributed by atoms with van der Waals surface area (Å²) in [5.41, 5.74) is 0. The van der Waals surface area contributed by atoms with E-state index in [1.165, 1.54) is 0 Å². The summed E-state index contributed by atoms with van der Waals surface area (Å²) >= 11 is 0. The number of hydrogen-bond acceptors (Lipinski definition) is 4. The van der Waals surface area contributed by atoms with Gasteiger partial charge in [0.25, 0.3) is 0 Å². The van der Waals surface area contributed by atoms with E-state index in [4.69, 9.17) is 14.2 Å². The Labute approximate surface area is 85.9 Å². The highest BCUT2D eigenvalue weighted by atomic mass is 16.6. The van der Waals surface area contributed by atoms with Crippen molar-refractivity contribution in [2.75, 3.05) is 40.1 Å². The monoisotopic (exact) mass is 203 g/mol. The smallest absolute Gasteiger partial charge is 0.0933 e. The summed E-state index contributed by atoms with van der Waals surface area (Å²) in [6.07, 6.45) is 1.27. The zero-order valence-electron chi connectivity index (χ0n) is 9.12. The molecule has 1 N–H and O–H groups in total. The maximum atomic E-state index is 5.52. The molecule has 0 bridgehead atoms. The fraction of sp³-hybridized carbons (Fsp3) is 1.00. The number of nitrogens with one attached hydrogen (secondary N) is 1. The van der Waals surface area contributed by atoms with E-state index in [1.807, 2.05) is 0 Å². The SMILES string of the molecule is CCC(COC)NCC1COCCO1. The van der Waals surface area contributed by atoms with Crippen molar-refractivity contribution >= 4 is 0 Å². The fourth-order valence-electron chi connectivity index (χ4n) is 1.47. The van der Waals surface area contributed by atoms with Gasteiger partial charge < -0.3 is 19.5 Å². The van der Waals surface area contributed by atoms with Crippen LogP contribution in [0.2, 0.25) is 0 Å². The van der Waals surface area contributed by atoms with Gasteiger partial charge in [-0.3, -0.25) is 0 Å². The standard InChI is InChI=1S/C10H21NO3/c1-3-9(7-12-2)11-6-10-8-13-4-5-14-10/h9-11H,3-8H2,1-2H3. The van der Waals surface area contributed by atoms with Crippen LogP contribution in [0.5, 0.6) is 0 Å². The Hall–Kier alpha value is -0.160. The predicted octanol–water partition coefficient (Wildman–Crippen LogP) is 0.416. The maximum Gasteiger partial charge on any atom is 0.0933 e. The first-order valence-corrected chi connectivity index (χ1v) is 5.28. The van der Waals surface area contributed by atoms with E-state index in [-0.39, 0.29) is 6.10 Å². The van der Waals surface area contributed by atoms with Crippen LogP contribution in [0.15, 0.2) is 0 Å². The van der Waals surface area contributed by atoms with Crippen LogP contribution in [0.3, 0.4) is 0 Å². The first kappa shape index (κ1) is 11.9. The molecule has 0 aliphatic carbocycles. The third-order valence-corrected chi connectivity index (χ3v) is 2.38. The molecule has 1 aliphatic rings. The van der Waals surface area contributed by atoms with Crippen LogP contribution in [0.4, 0.5) is 0 Å². The zero-order valence-corrected chi connectivity index (χ0v) is 9.12. The van der Waals surface area contributed by atoms with Crippen LogP contribution in [0.25, 0.3) is 0 Å². The normalized spacial score (nSPS) is 24.9. The minimum atomic E-state index is 0.203. The molecular weight excluding hydrogens is 182 g/mol. The predicted molar refractivity (Wildman–Crippen MR) is 54.5 cm³/mol. The summed E-state index contributed by atoms with van der Waals surface area (Å²) in [5.74, 6) is 0. The van der Waals surface area contributed by atoms with Gasteiger partial charge in [0.15, 0.2) is 0 Å². The highest BCUT2D eigenvalue weighted by Crippen LogP contribution is 2.00. The van der Waals surface area contributed by atoms with Crippen LogP contribution in [-0.2, 0) is 14.2 Å². The van der Waals surface area contributed by atoms with Gasteiger partial charge in [0.1, 0.15) is 0 Å². The van der Waals surface area contributed by atoms with Crippen LogP contribution in [-0.4, -0.2) is 52.2 Å². The molecule has 2 unspecified atom stereocenters. The molecule has 1 heterocycles. The maximum absolute atomic E-state index is 5.52.